The number of oxazole rings is 1. The van der Waals surface area contributed by atoms with Gasteiger partial charge >= 0.3 is 0 Å². The number of sulfone groups is 1. The van der Waals surface area contributed by atoms with Crippen LogP contribution in [-0.4, -0.2) is 37.8 Å². The Morgan fingerprint density at radius 2 is 1.94 bits per heavy atom. The molecule has 10 heteroatoms. The molecule has 2 aromatic carbocycles. The molecule has 1 atom stereocenters. The number of carbonyl (C=O) groups excluding carboxylic acids is 1. The molecule has 1 N–H and O–H groups in total. The highest BCUT2D eigenvalue weighted by Gasteiger charge is 2.24. The second-order valence-electron chi connectivity index (χ2n) is 7.73. The third kappa shape index (κ3) is 5.82. The first-order valence-electron chi connectivity index (χ1n) is 10.4. The number of rotatable bonds is 8. The molecule has 2 heterocycles. The van der Waals surface area contributed by atoms with Crippen molar-refractivity contribution < 1.29 is 31.1 Å². The molecule has 3 aromatic rings. The SMILES string of the molecule is O=C(CCc1ncc(-c2ccc(F)cc2F)o1)Nc1ccc(S(=O)(=O)CC2CCCO2)cc1. The van der Waals surface area contributed by atoms with E-state index in [0.29, 0.717) is 12.3 Å². The Hall–Kier alpha value is -3.11. The van der Waals surface area contributed by atoms with E-state index in [4.69, 9.17) is 9.15 Å². The second kappa shape index (κ2) is 9.80. The van der Waals surface area contributed by atoms with Crippen molar-refractivity contribution in [2.24, 2.45) is 0 Å². The third-order valence-corrected chi connectivity index (χ3v) is 7.04. The quantitative estimate of drug-likeness (QED) is 0.525. The molecule has 1 amide bonds. The molecule has 0 bridgehead atoms. The number of halogens is 2. The normalized spacial score (nSPS) is 16.1. The van der Waals surface area contributed by atoms with E-state index >= 15 is 0 Å². The fourth-order valence-corrected chi connectivity index (χ4v) is 5.04. The van der Waals surface area contributed by atoms with Crippen LogP contribution in [0.25, 0.3) is 11.3 Å². The topological polar surface area (TPSA) is 98.5 Å². The predicted octanol–water partition coefficient (Wildman–Crippen LogP) is 4.14. The van der Waals surface area contributed by atoms with Crippen molar-refractivity contribution in [3.05, 3.63) is 66.2 Å². The number of amides is 1. The van der Waals surface area contributed by atoms with Gasteiger partial charge in [-0.2, -0.15) is 0 Å². The van der Waals surface area contributed by atoms with Gasteiger partial charge in [-0.05, 0) is 49.2 Å². The maximum atomic E-state index is 13.9. The number of benzene rings is 2. The lowest BCUT2D eigenvalue weighted by molar-refractivity contribution is -0.116. The van der Waals surface area contributed by atoms with Crippen LogP contribution in [0.2, 0.25) is 0 Å². The lowest BCUT2D eigenvalue weighted by Crippen LogP contribution is -2.20. The minimum atomic E-state index is -3.47. The average Bonchev–Trinajstić information content (AvgIpc) is 3.44. The van der Waals surface area contributed by atoms with Crippen LogP contribution >= 0.6 is 0 Å². The summed E-state index contributed by atoms with van der Waals surface area (Å²) in [6, 6.07) is 9.10. The zero-order chi connectivity index (χ0) is 23.4. The van der Waals surface area contributed by atoms with E-state index in [-0.39, 0.29) is 52.7 Å². The number of anilines is 1. The molecule has 7 nitrogen and oxygen atoms in total. The van der Waals surface area contributed by atoms with Gasteiger partial charge in [0.05, 0.1) is 28.5 Å². The minimum absolute atomic E-state index is 0.0465. The summed E-state index contributed by atoms with van der Waals surface area (Å²) in [5, 5.41) is 2.69. The van der Waals surface area contributed by atoms with Crippen LogP contribution in [0.15, 0.2) is 58.0 Å². The van der Waals surface area contributed by atoms with E-state index < -0.39 is 21.5 Å². The van der Waals surface area contributed by atoms with Crippen LogP contribution in [0.4, 0.5) is 14.5 Å². The highest BCUT2D eigenvalue weighted by molar-refractivity contribution is 7.91. The van der Waals surface area contributed by atoms with E-state index in [9.17, 15) is 22.0 Å². The highest BCUT2D eigenvalue weighted by atomic mass is 32.2. The molecule has 1 aliphatic rings. The first-order valence-corrected chi connectivity index (χ1v) is 12.1. The number of carbonyl (C=O) groups is 1. The van der Waals surface area contributed by atoms with Gasteiger partial charge in [0.25, 0.3) is 0 Å². The smallest absolute Gasteiger partial charge is 0.224 e. The summed E-state index contributed by atoms with van der Waals surface area (Å²) in [7, 11) is -3.47. The number of hydrogen-bond donors (Lipinski definition) is 1. The Labute approximate surface area is 189 Å². The lowest BCUT2D eigenvalue weighted by Gasteiger charge is -2.11. The molecule has 1 aliphatic heterocycles. The Morgan fingerprint density at radius 3 is 2.64 bits per heavy atom. The van der Waals surface area contributed by atoms with E-state index in [1.165, 1.54) is 36.5 Å². The lowest BCUT2D eigenvalue weighted by atomic mass is 10.2. The van der Waals surface area contributed by atoms with E-state index in [0.717, 1.165) is 25.0 Å². The van der Waals surface area contributed by atoms with Crippen LogP contribution in [0.3, 0.4) is 0 Å². The van der Waals surface area contributed by atoms with Gasteiger partial charge in [-0.25, -0.2) is 22.2 Å². The van der Waals surface area contributed by atoms with Crippen molar-refractivity contribution in [2.75, 3.05) is 17.7 Å². The number of nitrogens with one attached hydrogen (secondary N) is 1. The first kappa shape index (κ1) is 23.1. The Morgan fingerprint density at radius 1 is 1.15 bits per heavy atom. The van der Waals surface area contributed by atoms with Gasteiger partial charge in [0, 0.05) is 31.2 Å². The zero-order valence-corrected chi connectivity index (χ0v) is 18.4. The van der Waals surface area contributed by atoms with Crippen molar-refractivity contribution >= 4 is 21.4 Å². The van der Waals surface area contributed by atoms with Gasteiger partial charge in [-0.15, -0.1) is 0 Å². The van der Waals surface area contributed by atoms with E-state index in [1.807, 2.05) is 0 Å². The molecule has 0 aliphatic carbocycles. The Balaban J connectivity index is 1.31. The molecule has 1 aromatic heterocycles. The summed E-state index contributed by atoms with van der Waals surface area (Å²) < 4.78 is 62.8. The number of ether oxygens (including phenoxy) is 1. The van der Waals surface area contributed by atoms with Crippen molar-refractivity contribution in [1.29, 1.82) is 0 Å². The maximum absolute atomic E-state index is 13.9. The molecular formula is C23H22F2N2O5S. The standard InChI is InChI=1S/C23H22F2N2O5S/c24-15-3-8-19(20(25)12-15)21-13-26-23(32-21)10-9-22(28)27-16-4-6-18(7-5-16)33(29,30)14-17-2-1-11-31-17/h3-8,12-13,17H,1-2,9-11,14H2,(H,27,28). The van der Waals surface area contributed by atoms with Gasteiger partial charge < -0.3 is 14.5 Å². The van der Waals surface area contributed by atoms with E-state index in [1.54, 1.807) is 0 Å². The zero-order valence-electron chi connectivity index (χ0n) is 17.6. The predicted molar refractivity (Wildman–Crippen MR) is 116 cm³/mol. The van der Waals surface area contributed by atoms with Gasteiger partial charge in [0.2, 0.25) is 5.91 Å². The monoisotopic (exact) mass is 476 g/mol. The number of nitrogens with zero attached hydrogens (tertiary/aromatic N) is 1. The van der Waals surface area contributed by atoms with Crippen LogP contribution in [-0.2, 0) is 25.8 Å². The van der Waals surface area contributed by atoms with Crippen LogP contribution in [0.5, 0.6) is 0 Å². The molecular weight excluding hydrogens is 454 g/mol. The molecule has 0 saturated carbocycles. The fraction of sp³-hybridized carbons (Fsp3) is 0.304. The maximum Gasteiger partial charge on any atom is 0.224 e. The summed E-state index contributed by atoms with van der Waals surface area (Å²) in [6.45, 7) is 0.586. The highest BCUT2D eigenvalue weighted by Crippen LogP contribution is 2.25. The van der Waals surface area contributed by atoms with Crippen molar-refractivity contribution in [3.8, 4) is 11.3 Å². The average molecular weight is 477 g/mol. The Bertz CT molecular complexity index is 1240. The third-order valence-electron chi connectivity index (χ3n) is 5.24. The Kier molecular flexibility index (Phi) is 6.85. The largest absolute Gasteiger partial charge is 0.441 e. The van der Waals surface area contributed by atoms with Crippen molar-refractivity contribution in [3.63, 3.8) is 0 Å². The van der Waals surface area contributed by atoms with Crippen molar-refractivity contribution in [1.82, 2.24) is 4.98 Å². The summed E-state index contributed by atoms with van der Waals surface area (Å²) in [6.07, 6.45) is 2.86. The van der Waals surface area contributed by atoms with Crippen LogP contribution in [0.1, 0.15) is 25.2 Å². The molecule has 1 saturated heterocycles. The van der Waals surface area contributed by atoms with E-state index in [2.05, 4.69) is 10.3 Å². The van der Waals surface area contributed by atoms with Gasteiger partial charge in [0.1, 0.15) is 11.6 Å². The minimum Gasteiger partial charge on any atom is -0.441 e. The summed E-state index contributed by atoms with van der Waals surface area (Å²) in [5.74, 6) is -1.46. The summed E-state index contributed by atoms with van der Waals surface area (Å²) in [4.78, 5) is 16.5. The molecule has 0 spiro atoms. The molecule has 1 fully saturated rings. The number of hydrogen-bond acceptors (Lipinski definition) is 6. The molecule has 174 valence electrons. The summed E-state index contributed by atoms with van der Waals surface area (Å²) >= 11 is 0. The molecule has 1 unspecified atom stereocenters. The summed E-state index contributed by atoms with van der Waals surface area (Å²) in [5.41, 5.74) is 0.534. The van der Waals surface area contributed by atoms with Gasteiger partial charge in [-0.1, -0.05) is 0 Å². The molecule has 0 radical (unpaired) electrons. The van der Waals surface area contributed by atoms with Gasteiger partial charge in [0.15, 0.2) is 21.5 Å². The second-order valence-corrected chi connectivity index (χ2v) is 9.77. The van der Waals surface area contributed by atoms with Crippen LogP contribution < -0.4 is 5.32 Å². The molecule has 33 heavy (non-hydrogen) atoms. The molecule has 4 rings (SSSR count). The van der Waals surface area contributed by atoms with Crippen LogP contribution in [0, 0.1) is 11.6 Å². The van der Waals surface area contributed by atoms with Gasteiger partial charge in [-0.3, -0.25) is 4.79 Å². The fourth-order valence-electron chi connectivity index (χ4n) is 3.55. The number of aryl methyl sites for hydroxylation is 1. The van der Waals surface area contributed by atoms with Crippen molar-refractivity contribution in [2.45, 2.75) is 36.7 Å². The number of aromatic nitrogens is 1. The first-order chi connectivity index (χ1) is 15.8.